The van der Waals surface area contributed by atoms with Crippen LogP contribution in [-0.4, -0.2) is 23.2 Å². The first-order valence-electron chi connectivity index (χ1n) is 6.12. The molecule has 5 nitrogen and oxygen atoms in total. The van der Waals surface area contributed by atoms with Gasteiger partial charge in [-0.2, -0.15) is 15.5 Å². The number of aryl methyl sites for hydroxylation is 2. The van der Waals surface area contributed by atoms with Crippen LogP contribution >= 0.6 is 0 Å². The van der Waals surface area contributed by atoms with E-state index in [9.17, 15) is 4.79 Å². The second-order valence-corrected chi connectivity index (χ2v) is 4.51. The Morgan fingerprint density at radius 3 is 2.70 bits per heavy atom. The van der Waals surface area contributed by atoms with E-state index in [1.807, 2.05) is 0 Å². The second-order valence-electron chi connectivity index (χ2n) is 4.51. The van der Waals surface area contributed by atoms with Gasteiger partial charge in [0.2, 0.25) is 0 Å². The Bertz CT molecular complexity index is 703. The summed E-state index contributed by atoms with van der Waals surface area (Å²) >= 11 is 0. The lowest BCUT2D eigenvalue weighted by atomic mass is 10.1. The number of hydrogen-bond acceptors (Lipinski definition) is 4. The smallest absolute Gasteiger partial charge is 0.259 e. The quantitative estimate of drug-likeness (QED) is 0.835. The number of rotatable bonds is 2. The van der Waals surface area contributed by atoms with E-state index in [4.69, 9.17) is 5.26 Å². The van der Waals surface area contributed by atoms with Crippen molar-refractivity contribution in [1.82, 2.24) is 10.2 Å². The zero-order chi connectivity index (χ0) is 14.7. The third-order valence-corrected chi connectivity index (χ3v) is 3.00. The van der Waals surface area contributed by atoms with Gasteiger partial charge in [0.25, 0.3) is 5.91 Å². The molecule has 0 saturated heterocycles. The minimum Gasteiger partial charge on any atom is -0.311 e. The van der Waals surface area contributed by atoms with Crippen LogP contribution in [0.1, 0.15) is 27.3 Å². The first kappa shape index (κ1) is 13.7. The Morgan fingerprint density at radius 2 is 2.00 bits per heavy atom. The molecule has 0 N–H and O–H groups in total. The van der Waals surface area contributed by atoms with Gasteiger partial charge in [0, 0.05) is 12.7 Å². The van der Waals surface area contributed by atoms with Gasteiger partial charge in [-0.1, -0.05) is 6.07 Å². The van der Waals surface area contributed by atoms with Crippen molar-refractivity contribution in [3.05, 3.63) is 52.8 Å². The summed E-state index contributed by atoms with van der Waals surface area (Å²) in [6.07, 6.45) is 0. The molecule has 0 unspecified atom stereocenters. The lowest BCUT2D eigenvalue weighted by molar-refractivity contribution is 0.0991. The van der Waals surface area contributed by atoms with E-state index < -0.39 is 0 Å². The van der Waals surface area contributed by atoms with Crippen LogP contribution in [0, 0.1) is 25.2 Å². The minimum absolute atomic E-state index is 0.171. The lowest BCUT2D eigenvalue weighted by Gasteiger charge is -2.18. The number of hydrogen-bond donors (Lipinski definition) is 0. The summed E-state index contributed by atoms with van der Waals surface area (Å²) in [5, 5.41) is 16.8. The van der Waals surface area contributed by atoms with Crippen molar-refractivity contribution in [3.8, 4) is 6.07 Å². The summed E-state index contributed by atoms with van der Waals surface area (Å²) in [6, 6.07) is 10.7. The van der Waals surface area contributed by atoms with E-state index in [0.29, 0.717) is 28.2 Å². The van der Waals surface area contributed by atoms with Crippen LogP contribution in [0.2, 0.25) is 0 Å². The average molecular weight is 266 g/mol. The van der Waals surface area contributed by atoms with Gasteiger partial charge < -0.3 is 4.90 Å². The highest BCUT2D eigenvalue weighted by molar-refractivity contribution is 6.06. The predicted octanol–water partition coefficient (Wildman–Crippen LogP) is 2.24. The van der Waals surface area contributed by atoms with E-state index in [1.54, 1.807) is 51.2 Å². The highest BCUT2D eigenvalue weighted by Crippen LogP contribution is 2.18. The SMILES string of the molecule is Cc1cc(C(=O)N(C)c2cccc(C#N)c2)c(C)nn1. The zero-order valence-corrected chi connectivity index (χ0v) is 11.6. The number of carbonyl (C=O) groups is 1. The molecule has 20 heavy (non-hydrogen) atoms. The molecule has 1 heterocycles. The maximum atomic E-state index is 12.5. The molecule has 0 aliphatic carbocycles. The molecule has 0 fully saturated rings. The molecular formula is C15H14N4O. The largest absolute Gasteiger partial charge is 0.311 e. The van der Waals surface area contributed by atoms with Crippen molar-refractivity contribution in [1.29, 1.82) is 5.26 Å². The number of benzene rings is 1. The van der Waals surface area contributed by atoms with Gasteiger partial charge in [0.15, 0.2) is 0 Å². The monoisotopic (exact) mass is 266 g/mol. The maximum absolute atomic E-state index is 12.5. The number of nitrogens with zero attached hydrogens (tertiary/aromatic N) is 4. The van der Waals surface area contributed by atoms with Crippen molar-refractivity contribution in [3.63, 3.8) is 0 Å². The molecule has 0 spiro atoms. The molecule has 0 atom stereocenters. The fourth-order valence-corrected chi connectivity index (χ4v) is 1.85. The van der Waals surface area contributed by atoms with Crippen molar-refractivity contribution >= 4 is 11.6 Å². The molecule has 1 amide bonds. The lowest BCUT2D eigenvalue weighted by Crippen LogP contribution is -2.27. The van der Waals surface area contributed by atoms with E-state index >= 15 is 0 Å². The molecule has 100 valence electrons. The molecule has 5 heteroatoms. The Balaban J connectivity index is 2.37. The van der Waals surface area contributed by atoms with E-state index in [2.05, 4.69) is 16.3 Å². The fraction of sp³-hybridized carbons (Fsp3) is 0.200. The molecule has 2 rings (SSSR count). The van der Waals surface area contributed by atoms with Crippen molar-refractivity contribution in [2.45, 2.75) is 13.8 Å². The van der Waals surface area contributed by atoms with Gasteiger partial charge in [-0.3, -0.25) is 4.79 Å². The Kier molecular flexibility index (Phi) is 3.76. The number of carbonyl (C=O) groups excluding carboxylic acids is 1. The molecule has 0 aliphatic heterocycles. The summed E-state index contributed by atoms with van der Waals surface area (Å²) in [5.41, 5.74) is 2.98. The maximum Gasteiger partial charge on any atom is 0.259 e. The van der Waals surface area contributed by atoms with E-state index in [1.165, 1.54) is 4.90 Å². The molecule has 1 aromatic carbocycles. The summed E-state index contributed by atoms with van der Waals surface area (Å²) in [6.45, 7) is 3.54. The Labute approximate surface area is 117 Å². The third kappa shape index (κ3) is 2.64. The van der Waals surface area contributed by atoms with Gasteiger partial charge in [0.05, 0.1) is 28.6 Å². The Hall–Kier alpha value is -2.74. The van der Waals surface area contributed by atoms with Crippen LogP contribution in [0.5, 0.6) is 0 Å². The standard InChI is InChI=1S/C15H14N4O/c1-10-7-14(11(2)18-17-10)15(20)19(3)13-6-4-5-12(8-13)9-16/h4-8H,1-3H3. The van der Waals surface area contributed by atoms with Gasteiger partial charge in [-0.15, -0.1) is 0 Å². The molecule has 0 bridgehead atoms. The van der Waals surface area contributed by atoms with Crippen LogP contribution in [0.15, 0.2) is 30.3 Å². The average Bonchev–Trinajstić information content (AvgIpc) is 2.48. The highest BCUT2D eigenvalue weighted by atomic mass is 16.2. The predicted molar refractivity (Wildman–Crippen MR) is 75.4 cm³/mol. The van der Waals surface area contributed by atoms with Gasteiger partial charge >= 0.3 is 0 Å². The fourth-order valence-electron chi connectivity index (χ4n) is 1.85. The van der Waals surface area contributed by atoms with Gasteiger partial charge in [0.1, 0.15) is 0 Å². The third-order valence-electron chi connectivity index (χ3n) is 3.00. The molecule has 2 aromatic rings. The van der Waals surface area contributed by atoms with E-state index in [0.717, 1.165) is 0 Å². The van der Waals surface area contributed by atoms with Gasteiger partial charge in [-0.25, -0.2) is 0 Å². The number of anilines is 1. The van der Waals surface area contributed by atoms with Crippen molar-refractivity contribution in [2.24, 2.45) is 0 Å². The zero-order valence-electron chi connectivity index (χ0n) is 11.6. The van der Waals surface area contributed by atoms with Crippen LogP contribution in [0.25, 0.3) is 0 Å². The molecule has 0 aliphatic rings. The molecule has 1 aromatic heterocycles. The molecular weight excluding hydrogens is 252 g/mol. The van der Waals surface area contributed by atoms with Crippen LogP contribution in [-0.2, 0) is 0 Å². The first-order chi connectivity index (χ1) is 9.52. The van der Waals surface area contributed by atoms with Gasteiger partial charge in [-0.05, 0) is 38.1 Å². The summed E-state index contributed by atoms with van der Waals surface area (Å²) in [5.74, 6) is -0.171. The molecule has 0 saturated carbocycles. The molecule has 0 radical (unpaired) electrons. The normalized spacial score (nSPS) is 9.90. The second kappa shape index (κ2) is 5.49. The van der Waals surface area contributed by atoms with Crippen molar-refractivity contribution < 1.29 is 4.79 Å². The van der Waals surface area contributed by atoms with Crippen molar-refractivity contribution in [2.75, 3.05) is 11.9 Å². The number of nitriles is 1. The number of amides is 1. The minimum atomic E-state index is -0.171. The van der Waals surface area contributed by atoms with Crippen LogP contribution in [0.3, 0.4) is 0 Å². The summed E-state index contributed by atoms with van der Waals surface area (Å²) in [4.78, 5) is 14.0. The summed E-state index contributed by atoms with van der Waals surface area (Å²) in [7, 11) is 1.67. The Morgan fingerprint density at radius 1 is 1.25 bits per heavy atom. The van der Waals surface area contributed by atoms with Crippen LogP contribution in [0.4, 0.5) is 5.69 Å². The van der Waals surface area contributed by atoms with E-state index in [-0.39, 0.29) is 5.91 Å². The summed E-state index contributed by atoms with van der Waals surface area (Å²) < 4.78 is 0. The number of aromatic nitrogens is 2. The topological polar surface area (TPSA) is 69.9 Å². The van der Waals surface area contributed by atoms with Crippen LogP contribution < -0.4 is 4.90 Å². The first-order valence-corrected chi connectivity index (χ1v) is 6.12. The highest BCUT2D eigenvalue weighted by Gasteiger charge is 2.17.